The summed E-state index contributed by atoms with van der Waals surface area (Å²) in [6.45, 7) is 1.96. The van der Waals surface area contributed by atoms with Crippen molar-refractivity contribution in [2.24, 2.45) is 0 Å². The van der Waals surface area contributed by atoms with Crippen molar-refractivity contribution in [3.05, 3.63) is 126 Å². The molecule has 3 N–H and O–H groups in total. The number of nitrogens with zero attached hydrogens (tertiary/aromatic N) is 1. The van der Waals surface area contributed by atoms with Crippen LogP contribution < -0.4 is 16.0 Å². The molecule has 3 aromatic carbocycles. The molecule has 0 saturated carbocycles. The second kappa shape index (κ2) is 13.7. The van der Waals surface area contributed by atoms with E-state index in [2.05, 4.69) is 20.9 Å². The van der Waals surface area contributed by atoms with Crippen molar-refractivity contribution in [3.63, 3.8) is 0 Å². The van der Waals surface area contributed by atoms with Gasteiger partial charge in [-0.25, -0.2) is 0 Å². The summed E-state index contributed by atoms with van der Waals surface area (Å²) in [5.74, 6) is -0.979. The van der Waals surface area contributed by atoms with Crippen LogP contribution in [0.15, 0.2) is 120 Å². The summed E-state index contributed by atoms with van der Waals surface area (Å²) >= 11 is 1.42. The summed E-state index contributed by atoms with van der Waals surface area (Å²) in [6, 6.07) is 28.8. The number of aromatic nitrogens is 1. The monoisotopic (exact) mass is 536 g/mol. The van der Waals surface area contributed by atoms with E-state index in [1.54, 1.807) is 60.9 Å². The molecule has 1 aromatic heterocycles. The SMILES string of the molecule is CCC(Sc1cccc(NC(=O)/C(=C/c2cccnc2)NC(=O)c2ccccc2)c1)C(=O)Nc1ccccc1. The minimum Gasteiger partial charge on any atom is -0.325 e. The summed E-state index contributed by atoms with van der Waals surface area (Å²) in [7, 11) is 0. The van der Waals surface area contributed by atoms with Gasteiger partial charge in [0.2, 0.25) is 5.91 Å². The molecule has 0 aliphatic rings. The normalized spacial score (nSPS) is 11.8. The third-order valence-corrected chi connectivity index (χ3v) is 6.96. The maximum atomic E-state index is 13.3. The van der Waals surface area contributed by atoms with E-state index in [9.17, 15) is 14.4 Å². The van der Waals surface area contributed by atoms with E-state index < -0.39 is 11.8 Å². The molecule has 0 aliphatic carbocycles. The van der Waals surface area contributed by atoms with Crippen LogP contribution >= 0.6 is 11.8 Å². The molecule has 1 atom stereocenters. The van der Waals surface area contributed by atoms with Crippen LogP contribution in [0.3, 0.4) is 0 Å². The lowest BCUT2D eigenvalue weighted by Gasteiger charge is -2.16. The second-order valence-corrected chi connectivity index (χ2v) is 9.79. The smallest absolute Gasteiger partial charge is 0.272 e. The number of hydrogen-bond acceptors (Lipinski definition) is 5. The highest BCUT2D eigenvalue weighted by molar-refractivity contribution is 8.00. The Bertz CT molecular complexity index is 1440. The fourth-order valence-corrected chi connectivity index (χ4v) is 4.66. The predicted octanol–water partition coefficient (Wildman–Crippen LogP) is 6.00. The van der Waals surface area contributed by atoms with Crippen LogP contribution in [0.5, 0.6) is 0 Å². The molecule has 0 aliphatic heterocycles. The number of amides is 3. The van der Waals surface area contributed by atoms with Crippen molar-refractivity contribution >= 4 is 46.9 Å². The fourth-order valence-electron chi connectivity index (χ4n) is 3.65. The third-order valence-electron chi connectivity index (χ3n) is 5.60. The highest BCUT2D eigenvalue weighted by Crippen LogP contribution is 2.28. The molecule has 1 unspecified atom stereocenters. The van der Waals surface area contributed by atoms with Crippen LogP contribution in [-0.2, 0) is 9.59 Å². The number of thioether (sulfide) groups is 1. The third kappa shape index (κ3) is 8.15. The number of benzene rings is 3. The first-order chi connectivity index (χ1) is 19.0. The number of pyridine rings is 1. The summed E-state index contributed by atoms with van der Waals surface area (Å²) < 4.78 is 0. The van der Waals surface area contributed by atoms with E-state index in [1.807, 2.05) is 61.5 Å². The second-order valence-electron chi connectivity index (χ2n) is 8.52. The van der Waals surface area contributed by atoms with Crippen LogP contribution in [-0.4, -0.2) is 28.0 Å². The van der Waals surface area contributed by atoms with E-state index in [1.165, 1.54) is 11.8 Å². The van der Waals surface area contributed by atoms with Crippen molar-refractivity contribution in [1.82, 2.24) is 10.3 Å². The van der Waals surface area contributed by atoms with E-state index in [0.717, 1.165) is 10.6 Å². The van der Waals surface area contributed by atoms with Gasteiger partial charge >= 0.3 is 0 Å². The van der Waals surface area contributed by atoms with Gasteiger partial charge in [0.25, 0.3) is 11.8 Å². The summed E-state index contributed by atoms with van der Waals surface area (Å²) in [4.78, 5) is 43.9. The number of hydrogen-bond donors (Lipinski definition) is 3. The largest absolute Gasteiger partial charge is 0.325 e. The van der Waals surface area contributed by atoms with Crippen LogP contribution in [0.1, 0.15) is 29.3 Å². The Morgan fingerprint density at radius 1 is 0.846 bits per heavy atom. The van der Waals surface area contributed by atoms with Crippen LogP contribution in [0.4, 0.5) is 11.4 Å². The van der Waals surface area contributed by atoms with Crippen molar-refractivity contribution in [3.8, 4) is 0 Å². The molecule has 7 nitrogen and oxygen atoms in total. The molecule has 8 heteroatoms. The number of rotatable bonds is 10. The standard InChI is InChI=1S/C31H28N4O3S/c1-2-28(31(38)33-24-14-7-4-8-15-24)39-26-17-9-16-25(20-26)34-30(37)27(19-22-11-10-18-32-21-22)35-29(36)23-12-5-3-6-13-23/h3-21,28H,2H2,1H3,(H,33,38)(H,34,37)(H,35,36)/b27-19-. The Labute approximate surface area is 231 Å². The van der Waals surface area contributed by atoms with Gasteiger partial charge in [-0.15, -0.1) is 11.8 Å². The number of nitrogens with one attached hydrogen (secondary N) is 3. The molecule has 4 rings (SSSR count). The maximum Gasteiger partial charge on any atom is 0.272 e. The van der Waals surface area contributed by atoms with Gasteiger partial charge in [0.05, 0.1) is 5.25 Å². The fraction of sp³-hybridized carbons (Fsp3) is 0.0968. The van der Waals surface area contributed by atoms with Crippen molar-refractivity contribution in [2.45, 2.75) is 23.5 Å². The van der Waals surface area contributed by atoms with Crippen molar-refractivity contribution < 1.29 is 14.4 Å². The topological polar surface area (TPSA) is 100 Å². The first-order valence-electron chi connectivity index (χ1n) is 12.4. The van der Waals surface area contributed by atoms with Crippen molar-refractivity contribution in [2.75, 3.05) is 10.6 Å². The molecule has 4 aromatic rings. The average Bonchev–Trinajstić information content (AvgIpc) is 2.97. The highest BCUT2D eigenvalue weighted by Gasteiger charge is 2.19. The Hall–Kier alpha value is -4.69. The molecular formula is C31H28N4O3S. The van der Waals surface area contributed by atoms with E-state index >= 15 is 0 Å². The molecule has 0 spiro atoms. The highest BCUT2D eigenvalue weighted by atomic mass is 32.2. The van der Waals surface area contributed by atoms with Crippen LogP contribution in [0.2, 0.25) is 0 Å². The predicted molar refractivity (Wildman–Crippen MR) is 156 cm³/mol. The number of carbonyl (C=O) groups is 3. The molecule has 1 heterocycles. The average molecular weight is 537 g/mol. The summed E-state index contributed by atoms with van der Waals surface area (Å²) in [6.07, 6.45) is 5.43. The minimum atomic E-state index is -0.487. The lowest BCUT2D eigenvalue weighted by Crippen LogP contribution is -2.30. The zero-order valence-corrected chi connectivity index (χ0v) is 22.2. The Morgan fingerprint density at radius 3 is 2.26 bits per heavy atom. The minimum absolute atomic E-state index is 0.0728. The Morgan fingerprint density at radius 2 is 1.56 bits per heavy atom. The molecule has 196 valence electrons. The van der Waals surface area contributed by atoms with Gasteiger partial charge in [0.15, 0.2) is 0 Å². The van der Waals surface area contributed by atoms with Crippen molar-refractivity contribution in [1.29, 1.82) is 0 Å². The van der Waals surface area contributed by atoms with Gasteiger partial charge in [-0.05, 0) is 66.6 Å². The number of anilines is 2. The van der Waals surface area contributed by atoms with E-state index in [0.29, 0.717) is 23.2 Å². The van der Waals surface area contributed by atoms with Gasteiger partial charge in [-0.3, -0.25) is 19.4 Å². The van der Waals surface area contributed by atoms with E-state index in [4.69, 9.17) is 0 Å². The zero-order chi connectivity index (χ0) is 27.5. The lowest BCUT2D eigenvalue weighted by molar-refractivity contribution is -0.116. The zero-order valence-electron chi connectivity index (χ0n) is 21.3. The van der Waals surface area contributed by atoms with Gasteiger partial charge in [0, 0.05) is 34.2 Å². The van der Waals surface area contributed by atoms with Crippen LogP contribution in [0, 0.1) is 0 Å². The number of para-hydroxylation sites is 1. The lowest BCUT2D eigenvalue weighted by atomic mass is 10.2. The van der Waals surface area contributed by atoms with E-state index in [-0.39, 0.29) is 16.9 Å². The summed E-state index contributed by atoms with van der Waals surface area (Å²) in [5, 5.41) is 8.21. The van der Waals surface area contributed by atoms with Gasteiger partial charge in [-0.2, -0.15) is 0 Å². The molecule has 0 fully saturated rings. The van der Waals surface area contributed by atoms with Gasteiger partial charge in [-0.1, -0.05) is 55.5 Å². The molecule has 39 heavy (non-hydrogen) atoms. The van der Waals surface area contributed by atoms with Crippen LogP contribution in [0.25, 0.3) is 6.08 Å². The molecule has 0 bridgehead atoms. The maximum absolute atomic E-state index is 13.3. The molecule has 0 saturated heterocycles. The first-order valence-corrected chi connectivity index (χ1v) is 13.3. The quantitative estimate of drug-likeness (QED) is 0.171. The first kappa shape index (κ1) is 27.3. The summed E-state index contributed by atoms with van der Waals surface area (Å²) in [5.41, 5.74) is 2.45. The molecular weight excluding hydrogens is 508 g/mol. The molecule has 3 amide bonds. The van der Waals surface area contributed by atoms with Gasteiger partial charge < -0.3 is 16.0 Å². The Balaban J connectivity index is 1.48. The molecule has 0 radical (unpaired) electrons. The Kier molecular flexibility index (Phi) is 9.63. The number of carbonyl (C=O) groups excluding carboxylic acids is 3. The van der Waals surface area contributed by atoms with Gasteiger partial charge in [0.1, 0.15) is 5.70 Å².